The highest BCUT2D eigenvalue weighted by atomic mass is 127. The van der Waals surface area contributed by atoms with Crippen molar-refractivity contribution in [2.45, 2.75) is 12.4 Å². The highest BCUT2D eigenvalue weighted by Crippen LogP contribution is 2.22. The number of fused-ring (bicyclic) bond motifs is 1. The minimum atomic E-state index is 0. The number of thioether (sulfide) groups is 1. The van der Waals surface area contributed by atoms with Crippen molar-refractivity contribution in [3.63, 3.8) is 0 Å². The molecule has 0 aliphatic carbocycles. The smallest absolute Gasteiger partial charge is 0.193 e. The maximum absolute atomic E-state index is 6.03. The van der Waals surface area contributed by atoms with Crippen LogP contribution in [-0.4, -0.2) is 25.4 Å². The minimum absolute atomic E-state index is 0. The maximum atomic E-state index is 6.03. The quantitative estimate of drug-likeness (QED) is 0.189. The minimum Gasteiger partial charge on any atom is -0.380 e. The highest BCUT2D eigenvalue weighted by molar-refractivity contribution is 14.0. The molecule has 0 radical (unpaired) electrons. The largest absolute Gasteiger partial charge is 0.380 e. The van der Waals surface area contributed by atoms with Crippen molar-refractivity contribution < 1.29 is 4.74 Å². The molecule has 0 bridgehead atoms. The summed E-state index contributed by atoms with van der Waals surface area (Å²) in [6.07, 6.45) is 0. The zero-order valence-corrected chi connectivity index (χ0v) is 19.1. The second-order valence-corrected chi connectivity index (χ2v) is 7.28. The van der Waals surface area contributed by atoms with Crippen molar-refractivity contribution in [3.8, 4) is 0 Å². The molecule has 0 fully saturated rings. The molecule has 0 aromatic heterocycles. The van der Waals surface area contributed by atoms with E-state index in [2.05, 4.69) is 52.8 Å². The normalized spacial score (nSPS) is 11.2. The molecule has 0 atom stereocenters. The predicted octanol–water partition coefficient (Wildman–Crippen LogP) is 5.26. The predicted molar refractivity (Wildman–Crippen MR) is 133 cm³/mol. The average molecular weight is 507 g/mol. The number of nitrogens with one attached hydrogen (secondary N) is 1. The Kier molecular flexibility index (Phi) is 9.60. The van der Waals surface area contributed by atoms with Crippen LogP contribution in [0.15, 0.2) is 71.7 Å². The Labute approximate surface area is 188 Å². The standard InChI is InChI=1S/C22H25N3OS.HI/c1-26-15-18-8-3-5-12-21(18)25-22(23)24-13-14-27-16-19-10-6-9-17-7-2-4-11-20(17)19;/h2-12H,13-16H2,1H3,(H3,23,24,25);1H. The first-order chi connectivity index (χ1) is 13.3. The lowest BCUT2D eigenvalue weighted by Gasteiger charge is -2.11. The summed E-state index contributed by atoms with van der Waals surface area (Å²) in [6, 6.07) is 22.9. The van der Waals surface area contributed by atoms with Crippen LogP contribution >= 0.6 is 35.7 Å². The first-order valence-electron chi connectivity index (χ1n) is 8.96. The van der Waals surface area contributed by atoms with Crippen molar-refractivity contribution in [2.75, 3.05) is 24.7 Å². The lowest BCUT2D eigenvalue weighted by molar-refractivity contribution is 0.185. The molecule has 0 saturated heterocycles. The summed E-state index contributed by atoms with van der Waals surface area (Å²) >= 11 is 1.87. The number of hydrogen-bond acceptors (Lipinski definition) is 3. The van der Waals surface area contributed by atoms with E-state index in [0.29, 0.717) is 19.1 Å². The van der Waals surface area contributed by atoms with Crippen LogP contribution in [0.4, 0.5) is 5.69 Å². The van der Waals surface area contributed by atoms with Gasteiger partial charge in [-0.2, -0.15) is 11.8 Å². The van der Waals surface area contributed by atoms with E-state index < -0.39 is 0 Å². The fourth-order valence-corrected chi connectivity index (χ4v) is 3.77. The number of guanidine groups is 1. The van der Waals surface area contributed by atoms with Gasteiger partial charge >= 0.3 is 0 Å². The number of aliphatic imine (C=N–C) groups is 1. The summed E-state index contributed by atoms with van der Waals surface area (Å²) in [6.45, 7) is 1.22. The molecule has 0 saturated carbocycles. The van der Waals surface area contributed by atoms with E-state index in [9.17, 15) is 0 Å². The SMILES string of the molecule is COCc1ccccc1NC(N)=NCCSCc1cccc2ccccc12.I. The molecule has 0 aliphatic heterocycles. The molecule has 148 valence electrons. The summed E-state index contributed by atoms with van der Waals surface area (Å²) in [5, 5.41) is 5.78. The van der Waals surface area contributed by atoms with Gasteiger partial charge in [0.25, 0.3) is 0 Å². The lowest BCUT2D eigenvalue weighted by atomic mass is 10.1. The van der Waals surface area contributed by atoms with E-state index in [0.717, 1.165) is 22.8 Å². The molecule has 6 heteroatoms. The Morgan fingerprint density at radius 2 is 1.71 bits per heavy atom. The van der Waals surface area contributed by atoms with E-state index in [1.54, 1.807) is 7.11 Å². The van der Waals surface area contributed by atoms with E-state index in [1.807, 2.05) is 36.0 Å². The third kappa shape index (κ3) is 6.39. The number of benzene rings is 3. The van der Waals surface area contributed by atoms with Gasteiger partial charge in [0.15, 0.2) is 5.96 Å². The maximum Gasteiger partial charge on any atom is 0.193 e. The highest BCUT2D eigenvalue weighted by Gasteiger charge is 2.03. The third-order valence-corrected chi connectivity index (χ3v) is 5.22. The van der Waals surface area contributed by atoms with Crippen molar-refractivity contribution in [3.05, 3.63) is 77.9 Å². The topological polar surface area (TPSA) is 59.6 Å². The number of nitrogens with zero attached hydrogens (tertiary/aromatic N) is 1. The van der Waals surface area contributed by atoms with E-state index >= 15 is 0 Å². The van der Waals surface area contributed by atoms with Gasteiger partial charge in [0.2, 0.25) is 0 Å². The van der Waals surface area contributed by atoms with Gasteiger partial charge in [-0.15, -0.1) is 24.0 Å². The first-order valence-corrected chi connectivity index (χ1v) is 10.1. The molecule has 0 unspecified atom stereocenters. The molecule has 0 amide bonds. The van der Waals surface area contributed by atoms with Gasteiger partial charge in [0.1, 0.15) is 0 Å². The van der Waals surface area contributed by atoms with Crippen LogP contribution in [0.2, 0.25) is 0 Å². The first kappa shape index (κ1) is 22.5. The number of ether oxygens (including phenoxy) is 1. The average Bonchev–Trinajstić information content (AvgIpc) is 2.69. The summed E-state index contributed by atoms with van der Waals surface area (Å²) in [4.78, 5) is 4.44. The number of anilines is 1. The molecule has 3 aromatic rings. The second-order valence-electron chi connectivity index (χ2n) is 6.17. The van der Waals surface area contributed by atoms with Crippen molar-refractivity contribution in [2.24, 2.45) is 10.7 Å². The van der Waals surface area contributed by atoms with Crippen LogP contribution in [0.25, 0.3) is 10.8 Å². The molecule has 0 aliphatic rings. The number of nitrogens with two attached hydrogens (primary N) is 1. The van der Waals surface area contributed by atoms with Gasteiger partial charge in [-0.25, -0.2) is 0 Å². The van der Waals surface area contributed by atoms with Crippen LogP contribution in [0.1, 0.15) is 11.1 Å². The summed E-state index contributed by atoms with van der Waals surface area (Å²) < 4.78 is 5.21. The van der Waals surface area contributed by atoms with Gasteiger partial charge in [-0.3, -0.25) is 4.99 Å². The molecule has 3 N–H and O–H groups in total. The monoisotopic (exact) mass is 507 g/mol. The molecule has 0 spiro atoms. The molecule has 28 heavy (non-hydrogen) atoms. The molecular formula is C22H26IN3OS. The lowest BCUT2D eigenvalue weighted by Crippen LogP contribution is -2.23. The molecule has 4 nitrogen and oxygen atoms in total. The van der Waals surface area contributed by atoms with Crippen LogP contribution in [0.5, 0.6) is 0 Å². The van der Waals surface area contributed by atoms with Crippen LogP contribution in [0, 0.1) is 0 Å². The van der Waals surface area contributed by atoms with Gasteiger partial charge in [-0.05, 0) is 22.4 Å². The number of halogens is 1. The van der Waals surface area contributed by atoms with Crippen molar-refractivity contribution >= 4 is 58.2 Å². The van der Waals surface area contributed by atoms with Gasteiger partial charge in [0.05, 0.1) is 13.2 Å². The molecular weight excluding hydrogens is 481 g/mol. The van der Waals surface area contributed by atoms with Gasteiger partial charge < -0.3 is 15.8 Å². The summed E-state index contributed by atoms with van der Waals surface area (Å²) in [5.74, 6) is 2.33. The summed E-state index contributed by atoms with van der Waals surface area (Å²) in [7, 11) is 1.68. The Bertz CT molecular complexity index is 912. The van der Waals surface area contributed by atoms with Crippen LogP contribution in [-0.2, 0) is 17.1 Å². The van der Waals surface area contributed by atoms with Crippen LogP contribution in [0.3, 0.4) is 0 Å². The van der Waals surface area contributed by atoms with E-state index in [-0.39, 0.29) is 24.0 Å². The van der Waals surface area contributed by atoms with Gasteiger partial charge in [-0.1, -0.05) is 60.7 Å². The fraction of sp³-hybridized carbons (Fsp3) is 0.227. The molecule has 3 rings (SSSR count). The molecule has 3 aromatic carbocycles. The number of para-hydroxylation sites is 1. The number of hydrogen-bond donors (Lipinski definition) is 2. The Morgan fingerprint density at radius 3 is 2.57 bits per heavy atom. The Balaban J connectivity index is 0.00000280. The van der Waals surface area contributed by atoms with E-state index in [4.69, 9.17) is 10.5 Å². The van der Waals surface area contributed by atoms with E-state index in [1.165, 1.54) is 16.3 Å². The third-order valence-electron chi connectivity index (χ3n) is 4.24. The van der Waals surface area contributed by atoms with Crippen molar-refractivity contribution in [1.82, 2.24) is 0 Å². The fourth-order valence-electron chi connectivity index (χ4n) is 2.93. The van der Waals surface area contributed by atoms with Crippen LogP contribution < -0.4 is 11.1 Å². The summed E-state index contributed by atoms with van der Waals surface area (Å²) in [5.41, 5.74) is 9.38. The Morgan fingerprint density at radius 1 is 1.00 bits per heavy atom. The number of rotatable bonds is 8. The zero-order chi connectivity index (χ0) is 18.9. The Hall–Kier alpha value is -1.77. The molecule has 0 heterocycles. The second kappa shape index (κ2) is 11.9. The van der Waals surface area contributed by atoms with Gasteiger partial charge in [0, 0.05) is 29.9 Å². The zero-order valence-electron chi connectivity index (χ0n) is 15.9. The number of methoxy groups -OCH3 is 1. The van der Waals surface area contributed by atoms with Crippen molar-refractivity contribution in [1.29, 1.82) is 0 Å².